The lowest BCUT2D eigenvalue weighted by Gasteiger charge is -2.32. The Kier molecular flexibility index (Phi) is 6.69. The molecule has 0 aliphatic heterocycles. The van der Waals surface area contributed by atoms with Crippen LogP contribution in [-0.4, -0.2) is 29.5 Å². The van der Waals surface area contributed by atoms with Crippen molar-refractivity contribution in [2.45, 2.75) is 64.7 Å². The molecule has 2 saturated carbocycles. The van der Waals surface area contributed by atoms with Crippen molar-refractivity contribution in [3.63, 3.8) is 0 Å². The molecule has 2 bridgehead atoms. The van der Waals surface area contributed by atoms with Gasteiger partial charge in [0.2, 0.25) is 0 Å². The fourth-order valence-corrected chi connectivity index (χ4v) is 3.51. The average molecular weight is 336 g/mol. The molecule has 0 heterocycles. The number of esters is 1. The molecular formula is C17H27F3O3. The molecule has 2 fully saturated rings. The van der Waals surface area contributed by atoms with Crippen LogP contribution < -0.4 is 0 Å². The SMILES string of the molecule is C=C(C)C(=O)OCC.CC(O)(CC1CC2CCC1C2)C(F)(F)F. The summed E-state index contributed by atoms with van der Waals surface area (Å²) in [5.41, 5.74) is -2.05. The zero-order valence-corrected chi connectivity index (χ0v) is 14.1. The largest absolute Gasteiger partial charge is 0.463 e. The summed E-state index contributed by atoms with van der Waals surface area (Å²) in [4.78, 5) is 10.4. The van der Waals surface area contributed by atoms with Crippen molar-refractivity contribution in [1.82, 2.24) is 0 Å². The summed E-state index contributed by atoms with van der Waals surface area (Å²) in [6, 6.07) is 0. The van der Waals surface area contributed by atoms with Crippen LogP contribution in [0.4, 0.5) is 13.2 Å². The molecular weight excluding hydrogens is 309 g/mol. The standard InChI is InChI=1S/C11H17F3O.C6H10O2/c1-10(15,11(12,13)14)6-9-5-7-2-3-8(9)4-7;1-4-8-6(7)5(2)3/h7-9,15H,2-6H2,1H3;2,4H2,1,3H3. The number of ether oxygens (including phenoxy) is 1. The Labute approximate surface area is 135 Å². The van der Waals surface area contributed by atoms with Gasteiger partial charge in [-0.05, 0) is 64.2 Å². The number of fused-ring (bicyclic) bond motifs is 2. The zero-order valence-electron chi connectivity index (χ0n) is 14.1. The van der Waals surface area contributed by atoms with Crippen LogP contribution in [0.2, 0.25) is 0 Å². The number of alkyl halides is 3. The second-order valence-corrected chi connectivity index (χ2v) is 6.91. The van der Waals surface area contributed by atoms with Crippen LogP contribution in [0.3, 0.4) is 0 Å². The molecule has 0 aromatic rings. The minimum Gasteiger partial charge on any atom is -0.463 e. The number of carbonyl (C=O) groups is 1. The van der Waals surface area contributed by atoms with Crippen LogP contribution in [0.5, 0.6) is 0 Å². The van der Waals surface area contributed by atoms with Gasteiger partial charge in [0.25, 0.3) is 0 Å². The van der Waals surface area contributed by atoms with Crippen LogP contribution >= 0.6 is 0 Å². The molecule has 2 aliphatic carbocycles. The summed E-state index contributed by atoms with van der Waals surface area (Å²) >= 11 is 0. The summed E-state index contributed by atoms with van der Waals surface area (Å²) in [7, 11) is 0. The molecule has 0 radical (unpaired) electrons. The molecule has 0 spiro atoms. The summed E-state index contributed by atoms with van der Waals surface area (Å²) in [5.74, 6) is 0.834. The maximum atomic E-state index is 12.5. The van der Waals surface area contributed by atoms with E-state index in [4.69, 9.17) is 0 Å². The number of carbonyl (C=O) groups excluding carboxylic acids is 1. The summed E-state index contributed by atoms with van der Waals surface area (Å²) in [6.07, 6.45) is -0.402. The fraction of sp³-hybridized carbons (Fsp3) is 0.824. The first-order valence-electron chi connectivity index (χ1n) is 8.09. The van der Waals surface area contributed by atoms with Crippen LogP contribution in [0, 0.1) is 17.8 Å². The Hall–Kier alpha value is -1.04. The molecule has 4 atom stereocenters. The van der Waals surface area contributed by atoms with Gasteiger partial charge in [0.1, 0.15) is 0 Å². The van der Waals surface area contributed by atoms with Crippen LogP contribution in [0.1, 0.15) is 52.9 Å². The second-order valence-electron chi connectivity index (χ2n) is 6.91. The highest BCUT2D eigenvalue weighted by atomic mass is 19.4. The first kappa shape index (κ1) is 20.0. The summed E-state index contributed by atoms with van der Waals surface area (Å²) < 4.78 is 42.0. The molecule has 0 aromatic carbocycles. The topological polar surface area (TPSA) is 46.5 Å². The predicted molar refractivity (Wildman–Crippen MR) is 81.7 cm³/mol. The van der Waals surface area contributed by atoms with E-state index in [0.717, 1.165) is 26.2 Å². The average Bonchev–Trinajstić information content (AvgIpc) is 3.00. The Balaban J connectivity index is 0.000000284. The quantitative estimate of drug-likeness (QED) is 0.616. The van der Waals surface area contributed by atoms with E-state index in [1.165, 1.54) is 6.42 Å². The minimum atomic E-state index is -4.49. The summed E-state index contributed by atoms with van der Waals surface area (Å²) in [5, 5.41) is 9.41. The lowest BCUT2D eigenvalue weighted by atomic mass is 9.81. The van der Waals surface area contributed by atoms with Crippen molar-refractivity contribution in [2.24, 2.45) is 17.8 Å². The first-order valence-corrected chi connectivity index (χ1v) is 8.09. The smallest absolute Gasteiger partial charge is 0.416 e. The molecule has 3 nitrogen and oxygen atoms in total. The lowest BCUT2D eigenvalue weighted by Crippen LogP contribution is -2.44. The van der Waals surface area contributed by atoms with Crippen LogP contribution in [0.25, 0.3) is 0 Å². The van der Waals surface area contributed by atoms with E-state index in [9.17, 15) is 23.1 Å². The van der Waals surface area contributed by atoms with Gasteiger partial charge in [0.15, 0.2) is 5.60 Å². The highest BCUT2D eigenvalue weighted by Gasteiger charge is 2.53. The Morgan fingerprint density at radius 3 is 2.22 bits per heavy atom. The molecule has 4 unspecified atom stereocenters. The van der Waals surface area contributed by atoms with Crippen molar-refractivity contribution >= 4 is 5.97 Å². The van der Waals surface area contributed by atoms with Gasteiger partial charge in [-0.25, -0.2) is 4.79 Å². The molecule has 0 saturated heterocycles. The molecule has 6 heteroatoms. The molecule has 2 aliphatic rings. The van der Waals surface area contributed by atoms with E-state index in [1.54, 1.807) is 13.8 Å². The van der Waals surface area contributed by atoms with Gasteiger partial charge in [-0.15, -0.1) is 0 Å². The Bertz CT molecular complexity index is 429. The van der Waals surface area contributed by atoms with E-state index in [2.05, 4.69) is 11.3 Å². The second kappa shape index (κ2) is 7.69. The molecule has 23 heavy (non-hydrogen) atoms. The van der Waals surface area contributed by atoms with E-state index < -0.39 is 11.8 Å². The van der Waals surface area contributed by atoms with Gasteiger partial charge in [-0.3, -0.25) is 0 Å². The third-order valence-corrected chi connectivity index (χ3v) is 4.78. The normalized spacial score (nSPS) is 28.6. The highest BCUT2D eigenvalue weighted by molar-refractivity contribution is 5.86. The molecule has 134 valence electrons. The Morgan fingerprint density at radius 1 is 1.30 bits per heavy atom. The molecule has 0 amide bonds. The number of hydrogen-bond donors (Lipinski definition) is 1. The summed E-state index contributed by atoms with van der Waals surface area (Å²) in [6.45, 7) is 8.11. The van der Waals surface area contributed by atoms with Gasteiger partial charge in [0, 0.05) is 5.57 Å². The van der Waals surface area contributed by atoms with Gasteiger partial charge in [0.05, 0.1) is 6.61 Å². The first-order chi connectivity index (χ1) is 10.5. The van der Waals surface area contributed by atoms with E-state index in [1.807, 2.05) is 0 Å². The third kappa shape index (κ3) is 5.52. The van der Waals surface area contributed by atoms with Crippen molar-refractivity contribution < 1.29 is 27.8 Å². The van der Waals surface area contributed by atoms with Crippen molar-refractivity contribution in [1.29, 1.82) is 0 Å². The Morgan fingerprint density at radius 2 is 1.91 bits per heavy atom. The number of hydrogen-bond acceptors (Lipinski definition) is 3. The van der Waals surface area contributed by atoms with Gasteiger partial charge in [-0.2, -0.15) is 13.2 Å². The van der Waals surface area contributed by atoms with E-state index >= 15 is 0 Å². The van der Waals surface area contributed by atoms with E-state index in [-0.39, 0.29) is 18.3 Å². The highest BCUT2D eigenvalue weighted by Crippen LogP contribution is 2.52. The van der Waals surface area contributed by atoms with Crippen molar-refractivity contribution in [3.8, 4) is 0 Å². The zero-order chi connectivity index (χ0) is 17.8. The maximum Gasteiger partial charge on any atom is 0.416 e. The van der Waals surface area contributed by atoms with Crippen molar-refractivity contribution in [2.75, 3.05) is 6.61 Å². The van der Waals surface area contributed by atoms with Crippen molar-refractivity contribution in [3.05, 3.63) is 12.2 Å². The number of aliphatic hydroxyl groups is 1. The number of rotatable bonds is 4. The van der Waals surface area contributed by atoms with Gasteiger partial charge >= 0.3 is 12.1 Å². The van der Waals surface area contributed by atoms with Crippen LogP contribution in [-0.2, 0) is 9.53 Å². The van der Waals surface area contributed by atoms with Gasteiger partial charge < -0.3 is 9.84 Å². The van der Waals surface area contributed by atoms with Gasteiger partial charge in [-0.1, -0.05) is 13.0 Å². The maximum absolute atomic E-state index is 12.5. The molecule has 0 aromatic heterocycles. The monoisotopic (exact) mass is 336 g/mol. The fourth-order valence-electron chi connectivity index (χ4n) is 3.51. The minimum absolute atomic E-state index is 0.0837. The third-order valence-electron chi connectivity index (χ3n) is 4.78. The lowest BCUT2D eigenvalue weighted by molar-refractivity contribution is -0.259. The molecule has 1 N–H and O–H groups in total. The number of halogens is 3. The molecule has 2 rings (SSSR count). The van der Waals surface area contributed by atoms with E-state index in [0.29, 0.717) is 24.0 Å². The predicted octanol–water partition coefficient (Wildman–Crippen LogP) is 4.25. The van der Waals surface area contributed by atoms with Crippen LogP contribution in [0.15, 0.2) is 12.2 Å².